The zero-order valence-electron chi connectivity index (χ0n) is 6.58. The molecule has 88 valence electrons. The first kappa shape index (κ1) is 95.3. The van der Waals surface area contributed by atoms with E-state index in [9.17, 15) is 0 Å². The van der Waals surface area contributed by atoms with Crippen LogP contribution in [0.25, 0.3) is 0 Å². The van der Waals surface area contributed by atoms with Crippen molar-refractivity contribution in [3.8, 4) is 0 Å². The van der Waals surface area contributed by atoms with Crippen molar-refractivity contribution in [2.45, 2.75) is 0 Å². The van der Waals surface area contributed by atoms with E-state index in [-0.39, 0.29) is 67.9 Å². The Bertz CT molecular complexity index is 56.2. The van der Waals surface area contributed by atoms with Crippen LogP contribution < -0.4 is 41.8 Å². The zero-order chi connectivity index (χ0) is 4.50. The van der Waals surface area contributed by atoms with Crippen molar-refractivity contribution in [3.05, 3.63) is 0 Å². The molecule has 0 saturated carbocycles. The van der Waals surface area contributed by atoms with Gasteiger partial charge in [-0.2, -0.15) is 0 Å². The van der Waals surface area contributed by atoms with Crippen LogP contribution in [0, 0.1) is 0 Å². The van der Waals surface area contributed by atoms with E-state index in [0.717, 1.165) is 0 Å². The first-order chi connectivity index (χ1) is 2.00. The molecule has 0 spiro atoms. The van der Waals surface area contributed by atoms with Crippen molar-refractivity contribution in [2.24, 2.45) is 0 Å². The summed E-state index contributed by atoms with van der Waals surface area (Å²) in [4.78, 5) is 0. The summed E-state index contributed by atoms with van der Waals surface area (Å²) in [5, 5.41) is 0. The molecular weight excluding hydrogens is 274 g/mol. The van der Waals surface area contributed by atoms with E-state index < -0.39 is 14.5 Å². The third kappa shape index (κ3) is 1690. The maximum Gasteiger partial charge on any atom is 1.00 e. The van der Waals surface area contributed by atoms with Crippen LogP contribution in [0.2, 0.25) is 0 Å². The van der Waals surface area contributed by atoms with E-state index in [2.05, 4.69) is 0 Å². The summed E-state index contributed by atoms with van der Waals surface area (Å²) in [7, 11) is 0. The molecule has 14 N–H and O–H groups in total. The molecule has 13 heavy (non-hydrogen) atoms. The second-order valence-corrected chi connectivity index (χ2v) is 2.32. The maximum absolute atomic E-state index is 8.61. The van der Waals surface area contributed by atoms with Crippen LogP contribution in [0.4, 0.5) is 0 Å². The monoisotopic (exact) mass is 288 g/mol. The second-order valence-electron chi connectivity index (χ2n) is 0.447. The fourth-order valence-electron chi connectivity index (χ4n) is 0. The van der Waals surface area contributed by atoms with Crippen LogP contribution in [-0.2, 0) is 3.74 Å². The first-order valence-corrected chi connectivity index (χ1v) is 3.79. The van der Waals surface area contributed by atoms with Crippen LogP contribution in [0.3, 0.4) is 0 Å². The largest absolute Gasteiger partial charge is 1.00 e. The summed E-state index contributed by atoms with van der Waals surface area (Å²) in [6, 6.07) is 0. The number of rotatable bonds is 0. The normalized spacial score (nSPS) is 4.54. The quantitative estimate of drug-likeness (QED) is 0.391. The molecule has 0 rings (SSSR count). The predicted molar refractivity (Wildman–Crippen MR) is 31.7 cm³/mol. The topological polar surface area (TPSA) is 307 Å². The van der Waals surface area contributed by atoms with Gasteiger partial charge in [0, 0.05) is 0 Å². The molecule has 0 bridgehead atoms. The average Bonchev–Trinajstić information content (AvgIpc) is 0.722. The van der Waals surface area contributed by atoms with Gasteiger partial charge in [-0.1, -0.05) is 0 Å². The summed E-state index contributed by atoms with van der Waals surface area (Å²) in [6.45, 7) is 0. The van der Waals surface area contributed by atoms with Crippen molar-refractivity contribution in [3.63, 3.8) is 0 Å². The standard InChI is InChI=1S/AsH3O4.Na.7H2O/c2-1(3,4)5;;;;;;;;/h(H3,2,3,4,5);;7*1H2/q;+1;;;;;;;/p-3. The Balaban J connectivity index is -0.00000000286. The molecule has 0 aromatic heterocycles. The molecule has 0 amide bonds. The van der Waals surface area contributed by atoms with E-state index in [1.807, 2.05) is 0 Å². The van der Waals surface area contributed by atoms with Crippen molar-refractivity contribution in [2.75, 3.05) is 0 Å². The summed E-state index contributed by atoms with van der Waals surface area (Å²) >= 11 is -5.88. The van der Waals surface area contributed by atoms with Gasteiger partial charge in [-0.25, -0.2) is 0 Å². The minimum Gasteiger partial charge on any atom is 1.00 e. The van der Waals surface area contributed by atoms with Crippen LogP contribution in [-0.4, -0.2) is 52.8 Å². The average molecular weight is 288 g/mol. The van der Waals surface area contributed by atoms with Crippen molar-refractivity contribution >= 4 is 14.5 Å². The Hall–Kier alpha value is 0.958. The molecule has 11 nitrogen and oxygen atoms in total. The van der Waals surface area contributed by atoms with Gasteiger partial charge in [0.2, 0.25) is 0 Å². The Morgan fingerprint density at radius 1 is 0.615 bits per heavy atom. The SMILES string of the molecule is O.O.O.O.O.O.O.O=[As]([O-])([O-])[O-].[Na+]. The van der Waals surface area contributed by atoms with Gasteiger partial charge in [0.1, 0.15) is 0 Å². The minimum absolute atomic E-state index is 0. The first-order valence-electron chi connectivity index (χ1n) is 0.730. The van der Waals surface area contributed by atoms with Gasteiger partial charge < -0.3 is 38.3 Å². The third-order valence-electron chi connectivity index (χ3n) is 0. The molecule has 0 aromatic carbocycles. The molecule has 0 aliphatic heterocycles. The molecule has 0 unspecified atom stereocenters. The van der Waals surface area contributed by atoms with E-state index in [4.69, 9.17) is 16.0 Å². The second kappa shape index (κ2) is 38.3. The minimum atomic E-state index is -5.88. The molecule has 0 radical (unpaired) electrons. The van der Waals surface area contributed by atoms with E-state index in [1.165, 1.54) is 0 Å². The van der Waals surface area contributed by atoms with Gasteiger partial charge in [0.25, 0.3) is 0 Å². The van der Waals surface area contributed by atoms with Crippen molar-refractivity contribution in [1.82, 2.24) is 0 Å². The zero-order valence-corrected chi connectivity index (χ0v) is 10.5. The molecule has 0 fully saturated rings. The smallest absolute Gasteiger partial charge is 1.00 e. The Labute approximate surface area is 98.2 Å². The Morgan fingerprint density at radius 2 is 0.615 bits per heavy atom. The summed E-state index contributed by atoms with van der Waals surface area (Å²) in [6.07, 6.45) is 0. The van der Waals surface area contributed by atoms with E-state index >= 15 is 0 Å². The molecule has 0 atom stereocenters. The molecule has 0 saturated heterocycles. The maximum atomic E-state index is 8.61. The Kier molecular flexibility index (Phi) is 281. The van der Waals surface area contributed by atoms with Gasteiger partial charge in [0.15, 0.2) is 0 Å². The molecule has 0 aliphatic carbocycles. The van der Waals surface area contributed by atoms with Crippen LogP contribution in [0.15, 0.2) is 0 Å². The Morgan fingerprint density at radius 3 is 0.615 bits per heavy atom. The van der Waals surface area contributed by atoms with Gasteiger partial charge >= 0.3 is 60.1 Å². The molecule has 13 heteroatoms. The van der Waals surface area contributed by atoms with Gasteiger partial charge in [0.05, 0.1) is 0 Å². The van der Waals surface area contributed by atoms with Crippen molar-refractivity contribution < 1.29 is 83.9 Å². The van der Waals surface area contributed by atoms with Crippen LogP contribution in [0.1, 0.15) is 0 Å². The predicted octanol–water partition coefficient (Wildman–Crippen LogP) is -12.8. The molecule has 0 heterocycles. The summed E-state index contributed by atoms with van der Waals surface area (Å²) in [5.74, 6) is 0. The van der Waals surface area contributed by atoms with E-state index in [0.29, 0.717) is 0 Å². The van der Waals surface area contributed by atoms with E-state index in [1.54, 1.807) is 0 Å². The van der Waals surface area contributed by atoms with Gasteiger partial charge in [-0.3, -0.25) is 0 Å². The van der Waals surface area contributed by atoms with Crippen molar-refractivity contribution in [1.29, 1.82) is 0 Å². The number of hydrogen-bond acceptors (Lipinski definition) is 4. The molecular formula is H14AsNaO11-2. The molecule has 0 aliphatic rings. The van der Waals surface area contributed by atoms with Gasteiger partial charge in [-0.15, -0.1) is 0 Å². The summed E-state index contributed by atoms with van der Waals surface area (Å²) < 4.78 is 34.4. The van der Waals surface area contributed by atoms with Crippen LogP contribution in [0.5, 0.6) is 0 Å². The fourth-order valence-corrected chi connectivity index (χ4v) is 0. The summed E-state index contributed by atoms with van der Waals surface area (Å²) in [5.41, 5.74) is 0. The van der Waals surface area contributed by atoms with Gasteiger partial charge in [-0.05, 0) is 0 Å². The number of hydrogen-bond donors (Lipinski definition) is 0. The third-order valence-corrected chi connectivity index (χ3v) is 0. The molecule has 0 aromatic rings. The van der Waals surface area contributed by atoms with Crippen LogP contribution >= 0.6 is 0 Å². The fraction of sp³-hybridized carbons (Fsp3) is 0.